The van der Waals surface area contributed by atoms with Crippen LogP contribution in [0.4, 0.5) is 5.69 Å². The Bertz CT molecular complexity index is 750. The Morgan fingerprint density at radius 3 is 2.72 bits per heavy atom. The van der Waals surface area contributed by atoms with Gasteiger partial charge in [-0.2, -0.15) is 0 Å². The van der Waals surface area contributed by atoms with E-state index in [2.05, 4.69) is 29.7 Å². The zero-order valence-corrected chi connectivity index (χ0v) is 14.4. The average molecular weight is 336 g/mol. The molecule has 1 amide bonds. The summed E-state index contributed by atoms with van der Waals surface area (Å²) in [5.74, 6) is -0.0127. The quantitative estimate of drug-likeness (QED) is 0.681. The zero-order chi connectivity index (χ0) is 17.8. The Morgan fingerprint density at radius 1 is 1.32 bits per heavy atom. The third-order valence-electron chi connectivity index (χ3n) is 4.80. The third-order valence-corrected chi connectivity index (χ3v) is 4.80. The van der Waals surface area contributed by atoms with E-state index in [1.807, 2.05) is 12.1 Å². The molecule has 5 heteroatoms. The van der Waals surface area contributed by atoms with Gasteiger partial charge in [0.2, 0.25) is 0 Å². The fourth-order valence-corrected chi connectivity index (χ4v) is 3.19. The van der Waals surface area contributed by atoms with Crippen molar-refractivity contribution in [1.29, 1.82) is 5.41 Å². The fraction of sp³-hybridized carbons (Fsp3) is 0.300. The van der Waals surface area contributed by atoms with Crippen LogP contribution >= 0.6 is 0 Å². The number of nitrogens with one attached hydrogen (secondary N) is 3. The normalized spacial score (nSPS) is 24.9. The van der Waals surface area contributed by atoms with Gasteiger partial charge in [0.25, 0.3) is 5.91 Å². The van der Waals surface area contributed by atoms with Crippen LogP contribution in [0.25, 0.3) is 0 Å². The number of hydrogen-bond acceptors (Lipinski definition) is 4. The highest BCUT2D eigenvalue weighted by atomic mass is 16.1. The highest BCUT2D eigenvalue weighted by Crippen LogP contribution is 2.26. The molecule has 1 aliphatic heterocycles. The Labute approximate surface area is 148 Å². The molecule has 0 radical (unpaired) electrons. The molecule has 2 aliphatic rings. The molecule has 1 fully saturated rings. The second-order valence-corrected chi connectivity index (χ2v) is 6.63. The lowest BCUT2D eigenvalue weighted by atomic mass is 9.89. The Kier molecular flexibility index (Phi) is 5.14. The minimum absolute atomic E-state index is 0.140. The first-order valence-corrected chi connectivity index (χ1v) is 8.62. The summed E-state index contributed by atoms with van der Waals surface area (Å²) in [4.78, 5) is 11.3. The van der Waals surface area contributed by atoms with Crippen molar-refractivity contribution in [3.8, 4) is 0 Å². The summed E-state index contributed by atoms with van der Waals surface area (Å²) in [5, 5.41) is 14.8. The first-order chi connectivity index (χ1) is 12.0. The molecule has 1 aromatic carbocycles. The molecule has 2 unspecified atom stereocenters. The number of hydrogen-bond donors (Lipinski definition) is 4. The Morgan fingerprint density at radius 2 is 2.08 bits per heavy atom. The maximum Gasteiger partial charge on any atom is 0.250 e. The second kappa shape index (κ2) is 7.49. The van der Waals surface area contributed by atoms with Gasteiger partial charge in [-0.15, -0.1) is 0 Å². The first-order valence-electron chi connectivity index (χ1n) is 8.62. The van der Waals surface area contributed by atoms with Crippen molar-refractivity contribution < 1.29 is 4.79 Å². The van der Waals surface area contributed by atoms with Crippen molar-refractivity contribution in [2.24, 2.45) is 5.73 Å². The van der Waals surface area contributed by atoms with E-state index >= 15 is 0 Å². The lowest BCUT2D eigenvalue weighted by Crippen LogP contribution is -2.35. The van der Waals surface area contributed by atoms with E-state index in [1.54, 1.807) is 24.4 Å². The molecular formula is C20H24N4O. The molecule has 0 bridgehead atoms. The van der Waals surface area contributed by atoms with Crippen LogP contribution in [0.15, 0.2) is 59.8 Å². The number of amides is 1. The summed E-state index contributed by atoms with van der Waals surface area (Å²) in [6.45, 7) is 3.26. The van der Waals surface area contributed by atoms with Crippen LogP contribution in [0, 0.1) is 5.41 Å². The summed E-state index contributed by atoms with van der Waals surface area (Å²) in [5.41, 5.74) is 8.58. The highest BCUT2D eigenvalue weighted by Gasteiger charge is 2.19. The SMILES string of the molecule is CC1CCC(c2ccc(N/C=C3/C=CC=C(C(N)=O)C3=N)cc2)CN1. The number of benzene rings is 1. The molecule has 1 heterocycles. The van der Waals surface area contributed by atoms with Gasteiger partial charge in [-0.3, -0.25) is 10.2 Å². The molecule has 0 aromatic heterocycles. The summed E-state index contributed by atoms with van der Waals surface area (Å²) >= 11 is 0. The number of anilines is 1. The number of allylic oxidation sites excluding steroid dienone is 4. The number of primary amides is 1. The largest absolute Gasteiger partial charge is 0.366 e. The van der Waals surface area contributed by atoms with E-state index in [4.69, 9.17) is 11.1 Å². The number of nitrogens with two attached hydrogens (primary N) is 1. The maximum absolute atomic E-state index is 11.3. The second-order valence-electron chi connectivity index (χ2n) is 6.63. The molecule has 3 rings (SSSR count). The van der Waals surface area contributed by atoms with Crippen LogP contribution in [-0.2, 0) is 4.79 Å². The van der Waals surface area contributed by atoms with Crippen LogP contribution in [0.2, 0.25) is 0 Å². The van der Waals surface area contributed by atoms with Gasteiger partial charge in [-0.1, -0.05) is 24.3 Å². The molecular weight excluding hydrogens is 312 g/mol. The monoisotopic (exact) mass is 336 g/mol. The summed E-state index contributed by atoms with van der Waals surface area (Å²) < 4.78 is 0. The van der Waals surface area contributed by atoms with Gasteiger partial charge in [0.15, 0.2) is 0 Å². The summed E-state index contributed by atoms with van der Waals surface area (Å²) in [7, 11) is 0. The van der Waals surface area contributed by atoms with Crippen molar-refractivity contribution in [2.45, 2.75) is 31.7 Å². The summed E-state index contributed by atoms with van der Waals surface area (Å²) in [6.07, 6.45) is 9.23. The molecule has 1 aromatic rings. The Hall–Kier alpha value is -2.66. The lowest BCUT2D eigenvalue weighted by molar-refractivity contribution is -0.114. The van der Waals surface area contributed by atoms with Gasteiger partial charge in [-0.25, -0.2) is 0 Å². The van der Waals surface area contributed by atoms with Crippen molar-refractivity contribution in [1.82, 2.24) is 5.32 Å². The molecule has 1 saturated heterocycles. The lowest BCUT2D eigenvalue weighted by Gasteiger charge is -2.28. The van der Waals surface area contributed by atoms with Crippen molar-refractivity contribution in [3.05, 3.63) is 65.4 Å². The number of piperidine rings is 1. The van der Waals surface area contributed by atoms with Crippen LogP contribution in [0.5, 0.6) is 0 Å². The number of carbonyl (C=O) groups excluding carboxylic acids is 1. The van der Waals surface area contributed by atoms with Crippen molar-refractivity contribution >= 4 is 17.3 Å². The molecule has 25 heavy (non-hydrogen) atoms. The highest BCUT2D eigenvalue weighted by molar-refractivity contribution is 6.28. The zero-order valence-electron chi connectivity index (χ0n) is 14.4. The van der Waals surface area contributed by atoms with E-state index < -0.39 is 5.91 Å². The minimum Gasteiger partial charge on any atom is -0.366 e. The van der Waals surface area contributed by atoms with Crippen LogP contribution in [0.3, 0.4) is 0 Å². The van der Waals surface area contributed by atoms with Crippen LogP contribution in [-0.4, -0.2) is 24.2 Å². The van der Waals surface area contributed by atoms with Gasteiger partial charge in [-0.05, 0) is 49.5 Å². The van der Waals surface area contributed by atoms with Gasteiger partial charge >= 0.3 is 0 Å². The minimum atomic E-state index is -0.583. The van der Waals surface area contributed by atoms with E-state index in [-0.39, 0.29) is 11.3 Å². The predicted molar refractivity (Wildman–Crippen MR) is 102 cm³/mol. The van der Waals surface area contributed by atoms with Gasteiger partial charge in [0.1, 0.15) is 0 Å². The molecule has 1 aliphatic carbocycles. The van der Waals surface area contributed by atoms with E-state index in [1.165, 1.54) is 18.4 Å². The van der Waals surface area contributed by atoms with Crippen molar-refractivity contribution in [3.63, 3.8) is 0 Å². The standard InChI is InChI=1S/C20H24N4O/c1-13-5-6-15(11-23-13)14-7-9-17(10-8-14)24-12-16-3-2-4-18(19(16)21)20(22)25/h2-4,7-10,12-13,15,21,23-24H,5-6,11H2,1H3,(H2,22,25)/b16-12-,21-19?. The maximum atomic E-state index is 11.3. The van der Waals surface area contributed by atoms with Crippen molar-refractivity contribution in [2.75, 3.05) is 11.9 Å². The molecule has 2 atom stereocenters. The van der Waals surface area contributed by atoms with E-state index in [0.717, 1.165) is 12.2 Å². The molecule has 5 nitrogen and oxygen atoms in total. The van der Waals surface area contributed by atoms with Gasteiger partial charge in [0, 0.05) is 30.0 Å². The molecule has 0 spiro atoms. The van der Waals surface area contributed by atoms with E-state index in [0.29, 0.717) is 17.5 Å². The summed E-state index contributed by atoms with van der Waals surface area (Å²) in [6, 6.07) is 9.01. The first kappa shape index (κ1) is 17.2. The van der Waals surface area contributed by atoms with Gasteiger partial charge in [0.05, 0.1) is 11.3 Å². The fourth-order valence-electron chi connectivity index (χ4n) is 3.19. The Balaban J connectivity index is 1.64. The third kappa shape index (κ3) is 4.06. The predicted octanol–water partition coefficient (Wildman–Crippen LogP) is 2.84. The number of rotatable bonds is 4. The van der Waals surface area contributed by atoms with Crippen LogP contribution < -0.4 is 16.4 Å². The topological polar surface area (TPSA) is 91.0 Å². The van der Waals surface area contributed by atoms with E-state index in [9.17, 15) is 4.79 Å². The number of carbonyl (C=O) groups is 1. The molecule has 130 valence electrons. The smallest absolute Gasteiger partial charge is 0.250 e. The average Bonchev–Trinajstić information content (AvgIpc) is 2.62. The van der Waals surface area contributed by atoms with Crippen LogP contribution in [0.1, 0.15) is 31.2 Å². The molecule has 5 N–H and O–H groups in total. The molecule has 0 saturated carbocycles. The van der Waals surface area contributed by atoms with Gasteiger partial charge < -0.3 is 16.4 Å².